The third-order valence-corrected chi connectivity index (χ3v) is 6.24. The van der Waals surface area contributed by atoms with Crippen molar-refractivity contribution in [1.29, 1.82) is 5.26 Å². The van der Waals surface area contributed by atoms with Crippen LogP contribution < -0.4 is 0 Å². The molecule has 1 saturated heterocycles. The molecule has 1 fully saturated rings. The molecule has 3 rings (SSSR count). The van der Waals surface area contributed by atoms with Gasteiger partial charge < -0.3 is 23.7 Å². The fourth-order valence-corrected chi connectivity index (χ4v) is 4.51. The Labute approximate surface area is 230 Å². The Morgan fingerprint density at radius 3 is 2.00 bits per heavy atom. The molecular formula is C28H28ClNO9. The topological polar surface area (TPSA) is 138 Å². The lowest BCUT2D eigenvalue weighted by Gasteiger charge is -2.44. The first kappa shape index (κ1) is 29.6. The number of esters is 4. The van der Waals surface area contributed by atoms with E-state index in [1.54, 1.807) is 30.3 Å². The fourth-order valence-electron chi connectivity index (χ4n) is 4.32. The molecule has 0 bridgehead atoms. The second-order valence-electron chi connectivity index (χ2n) is 8.96. The molecule has 0 saturated carbocycles. The molecule has 2 aromatic rings. The zero-order valence-corrected chi connectivity index (χ0v) is 22.6. The average molecular weight is 558 g/mol. The number of rotatable bonds is 8. The van der Waals surface area contributed by atoms with E-state index in [4.69, 9.17) is 40.5 Å². The predicted octanol–water partition coefficient (Wildman–Crippen LogP) is 3.60. The van der Waals surface area contributed by atoms with E-state index in [-0.39, 0.29) is 6.61 Å². The van der Waals surface area contributed by atoms with Gasteiger partial charge in [0, 0.05) is 32.7 Å². The van der Waals surface area contributed by atoms with Crippen LogP contribution in [-0.2, 0) is 49.3 Å². The molecule has 11 heteroatoms. The molecule has 39 heavy (non-hydrogen) atoms. The summed E-state index contributed by atoms with van der Waals surface area (Å²) in [6.07, 6.45) is -5.37. The van der Waals surface area contributed by atoms with Gasteiger partial charge in [-0.3, -0.25) is 19.2 Å². The number of ether oxygens (including phenoxy) is 5. The van der Waals surface area contributed by atoms with Gasteiger partial charge in [0.25, 0.3) is 0 Å². The molecule has 2 unspecified atom stereocenters. The maximum atomic E-state index is 12.1. The predicted molar refractivity (Wildman–Crippen MR) is 136 cm³/mol. The number of halogens is 1. The molecule has 1 heterocycles. The second kappa shape index (κ2) is 13.2. The van der Waals surface area contributed by atoms with Gasteiger partial charge in [-0.15, -0.1) is 0 Å². The largest absolute Gasteiger partial charge is 0.463 e. The van der Waals surface area contributed by atoms with Gasteiger partial charge in [-0.1, -0.05) is 35.9 Å². The highest BCUT2D eigenvalue weighted by Crippen LogP contribution is 2.39. The molecule has 2 aromatic carbocycles. The Bertz CT molecular complexity index is 1270. The molecule has 5 atom stereocenters. The Kier molecular flexibility index (Phi) is 10.0. The zero-order chi connectivity index (χ0) is 28.7. The SMILES string of the molecule is CC(=O)OC[C@H]1OC(c2ccc(Cl)c(Cc3ccc(C#N)cc3)c2)[C@H](OC(C)=O)C(OC(C)=O)[C@@H]1OC(C)=O. The fraction of sp³-hybridized carbons (Fsp3) is 0.393. The van der Waals surface area contributed by atoms with E-state index in [0.717, 1.165) is 12.5 Å². The smallest absolute Gasteiger partial charge is 0.303 e. The lowest BCUT2D eigenvalue weighted by Crippen LogP contribution is -2.59. The second-order valence-corrected chi connectivity index (χ2v) is 9.36. The summed E-state index contributed by atoms with van der Waals surface area (Å²) in [6.45, 7) is 4.40. The van der Waals surface area contributed by atoms with Crippen molar-refractivity contribution >= 4 is 35.5 Å². The Morgan fingerprint density at radius 2 is 1.44 bits per heavy atom. The highest BCUT2D eigenvalue weighted by molar-refractivity contribution is 6.31. The van der Waals surface area contributed by atoms with Crippen molar-refractivity contribution in [3.05, 3.63) is 69.7 Å². The van der Waals surface area contributed by atoms with Crippen molar-refractivity contribution in [2.24, 2.45) is 0 Å². The summed E-state index contributed by atoms with van der Waals surface area (Å²) in [5.41, 5.74) is 2.66. The van der Waals surface area contributed by atoms with E-state index in [0.29, 0.717) is 28.1 Å². The zero-order valence-electron chi connectivity index (χ0n) is 21.8. The monoisotopic (exact) mass is 557 g/mol. The van der Waals surface area contributed by atoms with E-state index in [1.165, 1.54) is 20.8 Å². The summed E-state index contributed by atoms with van der Waals surface area (Å²) in [7, 11) is 0. The van der Waals surface area contributed by atoms with Crippen LogP contribution in [0.4, 0.5) is 0 Å². The van der Waals surface area contributed by atoms with Gasteiger partial charge in [0.2, 0.25) is 0 Å². The number of carbonyl (C=O) groups is 4. The number of nitriles is 1. The minimum absolute atomic E-state index is 0.319. The van der Waals surface area contributed by atoms with Crippen LogP contribution >= 0.6 is 11.6 Å². The van der Waals surface area contributed by atoms with Crippen molar-refractivity contribution in [3.8, 4) is 6.07 Å². The van der Waals surface area contributed by atoms with Gasteiger partial charge in [-0.2, -0.15) is 5.26 Å². The molecule has 1 aliphatic heterocycles. The van der Waals surface area contributed by atoms with Gasteiger partial charge in [-0.25, -0.2) is 0 Å². The Balaban J connectivity index is 2.06. The van der Waals surface area contributed by atoms with E-state index in [9.17, 15) is 19.2 Å². The summed E-state index contributed by atoms with van der Waals surface area (Å²) in [5.74, 6) is -2.69. The standard InChI is InChI=1S/C28H28ClNO9/c1-15(31)35-14-24-26(36-16(2)32)28(38-18(4)34)27(37-17(3)33)25(39-24)21-9-10-23(29)22(12-21)11-19-5-7-20(13-30)8-6-19/h5-10,12,24-28H,11,14H2,1-4H3/t24-,25?,26-,27+,28?/m1/s1. The van der Waals surface area contributed by atoms with Crippen LogP contribution in [0.25, 0.3) is 0 Å². The van der Waals surface area contributed by atoms with Gasteiger partial charge in [0.1, 0.15) is 18.8 Å². The minimum atomic E-state index is -1.27. The average Bonchev–Trinajstić information content (AvgIpc) is 2.86. The summed E-state index contributed by atoms with van der Waals surface area (Å²) in [4.78, 5) is 47.7. The highest BCUT2D eigenvalue weighted by atomic mass is 35.5. The van der Waals surface area contributed by atoms with Crippen LogP contribution in [0.3, 0.4) is 0 Å². The van der Waals surface area contributed by atoms with Crippen molar-refractivity contribution in [3.63, 3.8) is 0 Å². The third-order valence-electron chi connectivity index (χ3n) is 5.87. The van der Waals surface area contributed by atoms with E-state index < -0.39 is 54.4 Å². The van der Waals surface area contributed by atoms with Crippen molar-refractivity contribution in [2.75, 3.05) is 6.61 Å². The summed E-state index contributed by atoms with van der Waals surface area (Å²) in [5, 5.41) is 9.52. The lowest BCUT2D eigenvalue weighted by atomic mass is 9.89. The molecular weight excluding hydrogens is 530 g/mol. The van der Waals surface area contributed by atoms with Gasteiger partial charge in [-0.05, 0) is 41.3 Å². The number of nitrogens with zero attached hydrogens (tertiary/aromatic N) is 1. The highest BCUT2D eigenvalue weighted by Gasteiger charge is 2.52. The van der Waals surface area contributed by atoms with Crippen molar-refractivity contribution < 1.29 is 42.9 Å². The summed E-state index contributed by atoms with van der Waals surface area (Å²) < 4.78 is 27.9. The summed E-state index contributed by atoms with van der Waals surface area (Å²) >= 11 is 6.49. The van der Waals surface area contributed by atoms with E-state index in [2.05, 4.69) is 6.07 Å². The van der Waals surface area contributed by atoms with Crippen molar-refractivity contribution in [2.45, 2.75) is 64.6 Å². The molecule has 1 aliphatic rings. The maximum absolute atomic E-state index is 12.1. The molecule has 206 valence electrons. The van der Waals surface area contributed by atoms with Crippen molar-refractivity contribution in [1.82, 2.24) is 0 Å². The molecule has 0 N–H and O–H groups in total. The Hall–Kier alpha value is -3.94. The first-order chi connectivity index (χ1) is 18.5. The summed E-state index contributed by atoms with van der Waals surface area (Å²) in [6, 6.07) is 14.2. The van der Waals surface area contributed by atoms with Crippen LogP contribution in [0.5, 0.6) is 0 Å². The van der Waals surface area contributed by atoms with Crippen LogP contribution in [0.1, 0.15) is 56.1 Å². The third kappa shape index (κ3) is 8.02. The van der Waals surface area contributed by atoms with Gasteiger partial charge in [0.15, 0.2) is 18.3 Å². The van der Waals surface area contributed by atoms with Gasteiger partial charge in [0.05, 0.1) is 11.6 Å². The number of hydrogen-bond acceptors (Lipinski definition) is 10. The quantitative estimate of drug-likeness (QED) is 0.349. The van der Waals surface area contributed by atoms with Crippen LogP contribution in [-0.4, -0.2) is 54.9 Å². The van der Waals surface area contributed by atoms with Gasteiger partial charge >= 0.3 is 23.9 Å². The normalized spacial score (nSPS) is 22.2. The molecule has 0 aromatic heterocycles. The number of carbonyl (C=O) groups excluding carboxylic acids is 4. The van der Waals surface area contributed by atoms with Crippen LogP contribution in [0.15, 0.2) is 42.5 Å². The van der Waals surface area contributed by atoms with E-state index in [1.807, 2.05) is 12.1 Å². The van der Waals surface area contributed by atoms with Crippen LogP contribution in [0, 0.1) is 11.3 Å². The number of hydrogen-bond donors (Lipinski definition) is 0. The minimum Gasteiger partial charge on any atom is -0.463 e. The van der Waals surface area contributed by atoms with E-state index >= 15 is 0 Å². The maximum Gasteiger partial charge on any atom is 0.303 e. The van der Waals surface area contributed by atoms with Crippen LogP contribution in [0.2, 0.25) is 5.02 Å². The molecule has 0 spiro atoms. The Morgan fingerprint density at radius 1 is 0.846 bits per heavy atom. The molecule has 0 aliphatic carbocycles. The molecule has 0 radical (unpaired) electrons. The molecule has 10 nitrogen and oxygen atoms in total. The first-order valence-corrected chi connectivity index (χ1v) is 12.4. The first-order valence-electron chi connectivity index (χ1n) is 12.1. The number of benzene rings is 2. The lowest BCUT2D eigenvalue weighted by molar-refractivity contribution is -0.254. The molecule has 0 amide bonds.